The number of fused-ring (bicyclic) bond motifs is 1. The minimum atomic E-state index is -1.11. The summed E-state index contributed by atoms with van der Waals surface area (Å²) in [5.74, 6) is -2.43. The first-order valence-electron chi connectivity index (χ1n) is 12.0. The van der Waals surface area contributed by atoms with Gasteiger partial charge < -0.3 is 14.8 Å². The Morgan fingerprint density at radius 2 is 1.63 bits per heavy atom. The van der Waals surface area contributed by atoms with Gasteiger partial charge in [-0.05, 0) is 49.4 Å². The van der Waals surface area contributed by atoms with Gasteiger partial charge in [-0.15, -0.1) is 0 Å². The number of pyridine rings is 1. The quantitative estimate of drug-likeness (QED) is 0.454. The second-order valence-corrected chi connectivity index (χ2v) is 9.19. The molecule has 1 aromatic heterocycles. The second-order valence-electron chi connectivity index (χ2n) is 9.19. The molecule has 1 atom stereocenters. The third-order valence-corrected chi connectivity index (χ3v) is 6.79. The number of likely N-dealkylation sites (tertiary alicyclic amines) is 1. The molecule has 0 radical (unpaired) electrons. The van der Waals surface area contributed by atoms with Gasteiger partial charge in [0.2, 0.25) is 5.91 Å². The number of H-pyrrole nitrogens is 1. The zero-order valence-electron chi connectivity index (χ0n) is 19.6. The van der Waals surface area contributed by atoms with Gasteiger partial charge in [-0.3, -0.25) is 19.2 Å². The first-order valence-corrected chi connectivity index (χ1v) is 12.0. The monoisotopic (exact) mass is 469 g/mol. The van der Waals surface area contributed by atoms with E-state index >= 15 is 0 Å². The molecular formula is C28H27N3O4. The lowest BCUT2D eigenvalue weighted by Crippen LogP contribution is -2.40. The average Bonchev–Trinajstić information content (AvgIpc) is 3.15. The number of para-hydroxylation sites is 1. The highest BCUT2D eigenvalue weighted by Gasteiger charge is 2.43. The van der Waals surface area contributed by atoms with Gasteiger partial charge in [-0.2, -0.15) is 0 Å². The Morgan fingerprint density at radius 1 is 0.943 bits per heavy atom. The van der Waals surface area contributed by atoms with Crippen LogP contribution in [0.25, 0.3) is 0 Å². The summed E-state index contributed by atoms with van der Waals surface area (Å²) in [6.45, 7) is 3.10. The summed E-state index contributed by atoms with van der Waals surface area (Å²) in [5.41, 5.74) is 1.91. The van der Waals surface area contributed by atoms with Gasteiger partial charge in [-0.25, -0.2) is 0 Å². The van der Waals surface area contributed by atoms with E-state index in [1.807, 2.05) is 42.5 Å². The third kappa shape index (κ3) is 4.18. The molecule has 1 saturated heterocycles. The van der Waals surface area contributed by atoms with Crippen molar-refractivity contribution in [2.24, 2.45) is 0 Å². The fourth-order valence-corrected chi connectivity index (χ4v) is 5.07. The number of hydrogen-bond donors (Lipinski definition) is 1. The van der Waals surface area contributed by atoms with Crippen molar-refractivity contribution >= 4 is 23.3 Å². The number of Topliss-reactive ketones (excluding diaryl/α,β-unsaturated/α-hetero) is 1. The van der Waals surface area contributed by atoms with E-state index in [4.69, 9.17) is 0 Å². The van der Waals surface area contributed by atoms with Crippen molar-refractivity contribution in [2.75, 3.05) is 18.0 Å². The molecule has 5 rings (SSSR count). The lowest BCUT2D eigenvalue weighted by Gasteiger charge is -2.27. The predicted octanol–water partition coefficient (Wildman–Crippen LogP) is 3.82. The topological polar surface area (TPSA) is 90.6 Å². The standard InChI is InChI=1S/C28H27N3O4/c1-18-16-21(24(26(33)29-18)27(34)30-14-8-3-9-15-30)25(32)23-20-12-6-7-13-22(20)31(28(23)35)17-19-10-4-2-5-11-19/h2,4-7,10-13,16,23H,3,8-9,14-15,17H2,1H3,(H,29,33). The fourth-order valence-electron chi connectivity index (χ4n) is 5.07. The normalized spacial score (nSPS) is 17.4. The number of nitrogens with one attached hydrogen (secondary N) is 1. The molecule has 1 unspecified atom stereocenters. The van der Waals surface area contributed by atoms with Crippen LogP contribution < -0.4 is 10.5 Å². The van der Waals surface area contributed by atoms with Crippen molar-refractivity contribution in [1.29, 1.82) is 0 Å². The Kier molecular flexibility index (Phi) is 6.07. The summed E-state index contributed by atoms with van der Waals surface area (Å²) in [7, 11) is 0. The van der Waals surface area contributed by atoms with E-state index in [0.717, 1.165) is 24.8 Å². The summed E-state index contributed by atoms with van der Waals surface area (Å²) in [5, 5.41) is 0. The summed E-state index contributed by atoms with van der Waals surface area (Å²) in [4.78, 5) is 59.8. The molecule has 7 heteroatoms. The van der Waals surface area contributed by atoms with E-state index in [-0.39, 0.29) is 17.0 Å². The van der Waals surface area contributed by atoms with Crippen LogP contribution in [0.4, 0.5) is 5.69 Å². The fraction of sp³-hybridized carbons (Fsp3) is 0.286. The van der Waals surface area contributed by atoms with Crippen LogP contribution in [-0.4, -0.2) is 40.6 Å². The predicted molar refractivity (Wildman–Crippen MR) is 133 cm³/mol. The number of aromatic amines is 1. The number of hydrogen-bond acceptors (Lipinski definition) is 4. The maximum absolute atomic E-state index is 14.0. The molecule has 3 heterocycles. The van der Waals surface area contributed by atoms with Crippen molar-refractivity contribution in [3.05, 3.63) is 99.0 Å². The molecule has 2 aliphatic heterocycles. The number of piperidine rings is 1. The van der Waals surface area contributed by atoms with E-state index in [0.29, 0.717) is 36.6 Å². The number of anilines is 1. The Morgan fingerprint density at radius 3 is 2.37 bits per heavy atom. The largest absolute Gasteiger partial charge is 0.338 e. The second kappa shape index (κ2) is 9.33. The van der Waals surface area contributed by atoms with E-state index in [1.54, 1.807) is 28.9 Å². The number of benzene rings is 2. The summed E-state index contributed by atoms with van der Waals surface area (Å²) in [6, 6.07) is 18.3. The van der Waals surface area contributed by atoms with E-state index in [1.165, 1.54) is 6.07 Å². The molecule has 0 saturated carbocycles. The lowest BCUT2D eigenvalue weighted by atomic mass is 9.89. The van der Waals surface area contributed by atoms with Crippen LogP contribution in [0.1, 0.15) is 62.7 Å². The minimum Gasteiger partial charge on any atom is -0.338 e. The van der Waals surface area contributed by atoms with Crippen LogP contribution in [0.2, 0.25) is 0 Å². The maximum Gasteiger partial charge on any atom is 0.261 e. The molecule has 0 aliphatic carbocycles. The van der Waals surface area contributed by atoms with Crippen LogP contribution in [0, 0.1) is 6.92 Å². The van der Waals surface area contributed by atoms with E-state index in [9.17, 15) is 19.2 Å². The minimum absolute atomic E-state index is 0.0107. The Hall–Kier alpha value is -4.00. The van der Waals surface area contributed by atoms with Crippen molar-refractivity contribution in [2.45, 2.75) is 38.6 Å². The summed E-state index contributed by atoms with van der Waals surface area (Å²) < 4.78 is 0. The lowest BCUT2D eigenvalue weighted by molar-refractivity contribution is -0.118. The van der Waals surface area contributed by atoms with Crippen molar-refractivity contribution in [3.8, 4) is 0 Å². The third-order valence-electron chi connectivity index (χ3n) is 6.79. The first kappa shape index (κ1) is 22.8. The number of amides is 2. The number of aryl methyl sites for hydroxylation is 1. The molecule has 1 fully saturated rings. The zero-order valence-corrected chi connectivity index (χ0v) is 19.6. The molecule has 2 amide bonds. The van der Waals surface area contributed by atoms with Crippen molar-refractivity contribution in [3.63, 3.8) is 0 Å². The van der Waals surface area contributed by atoms with Crippen LogP contribution >= 0.6 is 0 Å². The Balaban J connectivity index is 1.56. The highest BCUT2D eigenvalue weighted by molar-refractivity contribution is 6.24. The van der Waals surface area contributed by atoms with E-state index < -0.39 is 23.2 Å². The highest BCUT2D eigenvalue weighted by Crippen LogP contribution is 2.40. The number of carbonyl (C=O) groups is 3. The maximum atomic E-state index is 14.0. The first-order chi connectivity index (χ1) is 17.0. The number of rotatable bonds is 5. The van der Waals surface area contributed by atoms with Gasteiger partial charge >= 0.3 is 0 Å². The Bertz CT molecular complexity index is 1360. The SMILES string of the molecule is Cc1cc(C(=O)C2C(=O)N(Cc3ccccc3)c3ccccc32)c(C(=O)N2CCCCC2)c(=O)[nH]1. The average molecular weight is 470 g/mol. The smallest absolute Gasteiger partial charge is 0.261 e. The molecule has 178 valence electrons. The molecule has 2 aliphatic rings. The zero-order chi connectivity index (χ0) is 24.5. The highest BCUT2D eigenvalue weighted by atomic mass is 16.2. The van der Waals surface area contributed by atoms with Crippen LogP contribution in [-0.2, 0) is 11.3 Å². The number of aromatic nitrogens is 1. The Labute approximate surface area is 203 Å². The van der Waals surface area contributed by atoms with Crippen LogP contribution in [0.15, 0.2) is 65.5 Å². The molecule has 0 spiro atoms. The van der Waals surface area contributed by atoms with Gasteiger partial charge in [0.25, 0.3) is 11.5 Å². The number of nitrogens with zero attached hydrogens (tertiary/aromatic N) is 2. The molecule has 7 nitrogen and oxygen atoms in total. The van der Waals surface area contributed by atoms with Gasteiger partial charge in [0, 0.05) is 30.0 Å². The summed E-state index contributed by atoms with van der Waals surface area (Å²) >= 11 is 0. The van der Waals surface area contributed by atoms with Gasteiger partial charge in [-0.1, -0.05) is 48.5 Å². The van der Waals surface area contributed by atoms with Gasteiger partial charge in [0.1, 0.15) is 11.5 Å². The molecule has 2 aromatic carbocycles. The van der Waals surface area contributed by atoms with Crippen molar-refractivity contribution < 1.29 is 14.4 Å². The molecule has 1 N–H and O–H groups in total. The van der Waals surface area contributed by atoms with Crippen LogP contribution in [0.3, 0.4) is 0 Å². The molecule has 0 bridgehead atoms. The van der Waals surface area contributed by atoms with Crippen LogP contribution in [0.5, 0.6) is 0 Å². The number of ketones is 1. The van der Waals surface area contributed by atoms with Gasteiger partial charge in [0.15, 0.2) is 5.78 Å². The van der Waals surface area contributed by atoms with E-state index in [2.05, 4.69) is 4.98 Å². The molecule has 3 aromatic rings. The molecular weight excluding hydrogens is 442 g/mol. The van der Waals surface area contributed by atoms with Crippen molar-refractivity contribution in [1.82, 2.24) is 9.88 Å². The summed E-state index contributed by atoms with van der Waals surface area (Å²) in [6.07, 6.45) is 2.76. The number of carbonyl (C=O) groups excluding carboxylic acids is 3. The molecule has 35 heavy (non-hydrogen) atoms. The van der Waals surface area contributed by atoms with Gasteiger partial charge in [0.05, 0.1) is 6.54 Å².